The summed E-state index contributed by atoms with van der Waals surface area (Å²) in [6, 6.07) is 15.3. The molecule has 0 N–H and O–H groups in total. The molecule has 2 aromatic carbocycles. The highest BCUT2D eigenvalue weighted by Gasteiger charge is 2.28. The minimum absolute atomic E-state index is 0.342. The van der Waals surface area contributed by atoms with E-state index in [1.807, 2.05) is 55.6 Å². The summed E-state index contributed by atoms with van der Waals surface area (Å²) in [5.74, 6) is 0. The molecule has 1 saturated heterocycles. The average Bonchev–Trinajstić information content (AvgIpc) is 3.20. The molecule has 0 atom stereocenters. The molecule has 2 heterocycles. The molecule has 1 fully saturated rings. The Labute approximate surface area is 159 Å². The number of benzene rings is 2. The monoisotopic (exact) mass is 383 g/mol. The van der Waals surface area contributed by atoms with Gasteiger partial charge in [-0.1, -0.05) is 30.3 Å². The van der Waals surface area contributed by atoms with Crippen LogP contribution in [0, 0.1) is 6.92 Å². The topological polar surface area (TPSA) is 64.4 Å². The lowest BCUT2D eigenvalue weighted by molar-refractivity contribution is 0.0730. The highest BCUT2D eigenvalue weighted by molar-refractivity contribution is 7.89. The van der Waals surface area contributed by atoms with Crippen molar-refractivity contribution in [2.24, 2.45) is 0 Å². The van der Waals surface area contributed by atoms with Gasteiger partial charge in [-0.05, 0) is 36.2 Å². The van der Waals surface area contributed by atoms with E-state index in [1.165, 1.54) is 4.31 Å². The van der Waals surface area contributed by atoms with Crippen LogP contribution in [0.2, 0.25) is 0 Å². The van der Waals surface area contributed by atoms with Crippen molar-refractivity contribution in [3.05, 3.63) is 66.5 Å². The third-order valence-corrected chi connectivity index (χ3v) is 6.75. The lowest BCUT2D eigenvalue weighted by atomic mass is 10.1. The molecule has 4 rings (SSSR count). The Morgan fingerprint density at radius 1 is 1.00 bits per heavy atom. The summed E-state index contributed by atoms with van der Waals surface area (Å²) in [6.45, 7) is 3.46. The van der Waals surface area contributed by atoms with Gasteiger partial charge in [-0.15, -0.1) is 0 Å². The second kappa shape index (κ2) is 7.26. The number of morpholine rings is 1. The van der Waals surface area contributed by atoms with Crippen LogP contribution in [0.4, 0.5) is 0 Å². The summed E-state index contributed by atoms with van der Waals surface area (Å²) in [5, 5.41) is 4.41. The molecule has 0 unspecified atom stereocenters. The number of nitrogens with zero attached hydrogens (tertiary/aromatic N) is 3. The number of hydrogen-bond donors (Lipinski definition) is 0. The van der Waals surface area contributed by atoms with Gasteiger partial charge < -0.3 is 4.74 Å². The third-order valence-electron chi connectivity index (χ3n) is 4.71. The first kappa shape index (κ1) is 17.9. The second-order valence-electron chi connectivity index (χ2n) is 6.51. The van der Waals surface area contributed by atoms with Gasteiger partial charge in [-0.2, -0.15) is 9.40 Å². The summed E-state index contributed by atoms with van der Waals surface area (Å²) < 4.78 is 34.7. The molecule has 1 aromatic heterocycles. The Bertz CT molecular complexity index is 1040. The van der Waals surface area contributed by atoms with Crippen LogP contribution in [0.1, 0.15) is 5.56 Å². The lowest BCUT2D eigenvalue weighted by Gasteiger charge is -2.26. The maximum Gasteiger partial charge on any atom is 0.243 e. The van der Waals surface area contributed by atoms with Gasteiger partial charge >= 0.3 is 0 Å². The van der Waals surface area contributed by atoms with Crippen molar-refractivity contribution in [3.63, 3.8) is 0 Å². The summed E-state index contributed by atoms with van der Waals surface area (Å²) in [6.07, 6.45) is 3.66. The van der Waals surface area contributed by atoms with Crippen LogP contribution in [0.15, 0.2) is 65.8 Å². The van der Waals surface area contributed by atoms with Gasteiger partial charge in [0.15, 0.2) is 0 Å². The normalized spacial score (nSPS) is 15.7. The summed E-state index contributed by atoms with van der Waals surface area (Å²) >= 11 is 0. The zero-order valence-corrected chi connectivity index (χ0v) is 15.9. The fourth-order valence-corrected chi connectivity index (χ4v) is 4.84. The van der Waals surface area contributed by atoms with Crippen molar-refractivity contribution in [1.29, 1.82) is 0 Å². The quantitative estimate of drug-likeness (QED) is 0.695. The molecule has 0 aliphatic carbocycles. The molecule has 0 radical (unpaired) electrons. The molecule has 0 amide bonds. The Balaban J connectivity index is 1.70. The fraction of sp³-hybridized carbons (Fsp3) is 0.250. The van der Waals surface area contributed by atoms with Crippen molar-refractivity contribution in [2.45, 2.75) is 11.8 Å². The second-order valence-corrected chi connectivity index (χ2v) is 8.41. The van der Waals surface area contributed by atoms with Crippen molar-refractivity contribution in [3.8, 4) is 16.8 Å². The number of aromatic nitrogens is 2. The van der Waals surface area contributed by atoms with Crippen LogP contribution in [-0.2, 0) is 14.8 Å². The largest absolute Gasteiger partial charge is 0.379 e. The molecular formula is C20H21N3O3S. The Morgan fingerprint density at radius 2 is 1.74 bits per heavy atom. The Hall–Kier alpha value is -2.48. The highest BCUT2D eigenvalue weighted by Crippen LogP contribution is 2.28. The minimum atomic E-state index is -3.54. The number of aryl methyl sites for hydroxylation is 1. The molecule has 0 saturated carbocycles. The predicted molar refractivity (Wildman–Crippen MR) is 103 cm³/mol. The van der Waals surface area contributed by atoms with Crippen LogP contribution >= 0.6 is 0 Å². The number of ether oxygens (including phenoxy) is 1. The number of hydrogen-bond acceptors (Lipinski definition) is 4. The third kappa shape index (κ3) is 3.53. The highest BCUT2D eigenvalue weighted by atomic mass is 32.2. The molecule has 7 heteroatoms. The zero-order chi connectivity index (χ0) is 18.9. The molecule has 0 spiro atoms. The minimum Gasteiger partial charge on any atom is -0.379 e. The Kier molecular flexibility index (Phi) is 4.82. The van der Waals surface area contributed by atoms with E-state index in [4.69, 9.17) is 4.74 Å². The van der Waals surface area contributed by atoms with Crippen molar-refractivity contribution >= 4 is 10.0 Å². The number of para-hydroxylation sites is 1. The number of rotatable bonds is 4. The van der Waals surface area contributed by atoms with Gasteiger partial charge in [0.1, 0.15) is 0 Å². The van der Waals surface area contributed by atoms with Gasteiger partial charge in [0.05, 0.1) is 30.0 Å². The van der Waals surface area contributed by atoms with E-state index in [9.17, 15) is 8.42 Å². The van der Waals surface area contributed by atoms with Crippen LogP contribution in [0.5, 0.6) is 0 Å². The van der Waals surface area contributed by atoms with E-state index in [0.717, 1.165) is 22.4 Å². The van der Waals surface area contributed by atoms with Gasteiger partial charge in [0, 0.05) is 24.8 Å². The van der Waals surface area contributed by atoms with Crippen molar-refractivity contribution < 1.29 is 13.2 Å². The van der Waals surface area contributed by atoms with E-state index < -0.39 is 10.0 Å². The average molecular weight is 383 g/mol. The van der Waals surface area contributed by atoms with Crippen LogP contribution < -0.4 is 0 Å². The molecular weight excluding hydrogens is 362 g/mol. The molecule has 3 aromatic rings. The molecule has 1 aliphatic heterocycles. The van der Waals surface area contributed by atoms with Crippen molar-refractivity contribution in [1.82, 2.24) is 14.1 Å². The zero-order valence-electron chi connectivity index (χ0n) is 15.1. The van der Waals surface area contributed by atoms with Gasteiger partial charge in [0.2, 0.25) is 10.0 Å². The fourth-order valence-electron chi connectivity index (χ4n) is 3.18. The number of sulfonamides is 1. The molecule has 27 heavy (non-hydrogen) atoms. The summed E-state index contributed by atoms with van der Waals surface area (Å²) in [4.78, 5) is 0.342. The van der Waals surface area contributed by atoms with Crippen LogP contribution in [0.25, 0.3) is 16.8 Å². The van der Waals surface area contributed by atoms with Gasteiger partial charge in [-0.25, -0.2) is 13.1 Å². The predicted octanol–water partition coefficient (Wildman–Crippen LogP) is 2.87. The van der Waals surface area contributed by atoms with Crippen LogP contribution in [0.3, 0.4) is 0 Å². The maximum absolute atomic E-state index is 13.1. The van der Waals surface area contributed by atoms with E-state index in [-0.39, 0.29) is 0 Å². The smallest absolute Gasteiger partial charge is 0.243 e. The first-order chi connectivity index (χ1) is 13.1. The maximum atomic E-state index is 13.1. The summed E-state index contributed by atoms with van der Waals surface area (Å²) in [5.41, 5.74) is 3.39. The first-order valence-corrected chi connectivity index (χ1v) is 10.3. The van der Waals surface area contributed by atoms with E-state index >= 15 is 0 Å². The molecule has 0 bridgehead atoms. The van der Waals surface area contributed by atoms with E-state index in [0.29, 0.717) is 31.2 Å². The molecule has 1 aliphatic rings. The van der Waals surface area contributed by atoms with E-state index in [2.05, 4.69) is 5.10 Å². The Morgan fingerprint density at radius 3 is 2.48 bits per heavy atom. The molecule has 6 nitrogen and oxygen atoms in total. The standard InChI is InChI=1S/C20H21N3O3S/c1-16-7-8-17(13-20(16)27(24,25)22-9-11-26-12-10-22)18-14-21-23(15-18)19-5-3-2-4-6-19/h2-8,13-15H,9-12H2,1H3. The lowest BCUT2D eigenvalue weighted by Crippen LogP contribution is -2.40. The van der Waals surface area contributed by atoms with E-state index in [1.54, 1.807) is 16.9 Å². The van der Waals surface area contributed by atoms with Gasteiger partial charge in [0.25, 0.3) is 0 Å². The van der Waals surface area contributed by atoms with Crippen molar-refractivity contribution in [2.75, 3.05) is 26.3 Å². The summed E-state index contributed by atoms with van der Waals surface area (Å²) in [7, 11) is -3.54. The van der Waals surface area contributed by atoms with Gasteiger partial charge in [-0.3, -0.25) is 0 Å². The van der Waals surface area contributed by atoms with Crippen LogP contribution in [-0.4, -0.2) is 48.8 Å². The SMILES string of the molecule is Cc1ccc(-c2cnn(-c3ccccc3)c2)cc1S(=O)(=O)N1CCOCC1. The molecule has 140 valence electrons. The first-order valence-electron chi connectivity index (χ1n) is 8.85.